The van der Waals surface area contributed by atoms with Crippen molar-refractivity contribution in [3.8, 4) is 0 Å². The van der Waals surface area contributed by atoms with Crippen LogP contribution in [0, 0.1) is 0 Å². The van der Waals surface area contributed by atoms with Crippen LogP contribution in [0.1, 0.15) is 31.5 Å². The largest absolute Gasteiger partial charge is 0.465 e. The summed E-state index contributed by atoms with van der Waals surface area (Å²) in [6.45, 7) is 0. The van der Waals surface area contributed by atoms with E-state index >= 15 is 0 Å². The van der Waals surface area contributed by atoms with Crippen LogP contribution < -0.4 is 5.32 Å². The van der Waals surface area contributed by atoms with Crippen LogP contribution >= 0.6 is 11.8 Å². The first-order chi connectivity index (χ1) is 15.0. The zero-order valence-corrected chi connectivity index (χ0v) is 17.8. The van der Waals surface area contributed by atoms with Gasteiger partial charge in [0.05, 0.1) is 25.3 Å². The molecule has 0 unspecified atom stereocenters. The molecular weight excluding hydrogens is 414 g/mol. The Morgan fingerprint density at radius 3 is 1.81 bits per heavy atom. The normalized spacial score (nSPS) is 11.3. The second-order valence-electron chi connectivity index (χ2n) is 6.49. The third kappa shape index (κ3) is 5.73. The number of anilines is 1. The highest BCUT2D eigenvalue weighted by atomic mass is 32.2. The number of hydrogen-bond acceptors (Lipinski definition) is 6. The quantitative estimate of drug-likeness (QED) is 0.427. The summed E-state index contributed by atoms with van der Waals surface area (Å²) in [4.78, 5) is 38.2. The van der Waals surface area contributed by atoms with E-state index in [0.717, 1.165) is 10.5 Å². The SMILES string of the molecule is COC(=O)c1cc(NC(=O)[C@H](Sc2ccccc2)c2ccccc2)cc(C(=O)OC)c1. The fraction of sp³-hybridized carbons (Fsp3) is 0.125. The summed E-state index contributed by atoms with van der Waals surface area (Å²) in [5.74, 6) is -1.54. The van der Waals surface area contributed by atoms with Gasteiger partial charge in [-0.05, 0) is 35.9 Å². The van der Waals surface area contributed by atoms with Crippen LogP contribution in [0.15, 0.2) is 83.8 Å². The Morgan fingerprint density at radius 2 is 1.29 bits per heavy atom. The van der Waals surface area contributed by atoms with Gasteiger partial charge in [-0.15, -0.1) is 11.8 Å². The molecular formula is C24H21NO5S. The van der Waals surface area contributed by atoms with E-state index in [1.165, 1.54) is 44.2 Å². The number of methoxy groups -OCH3 is 2. The number of esters is 2. The van der Waals surface area contributed by atoms with Gasteiger partial charge in [-0.1, -0.05) is 48.5 Å². The number of hydrogen-bond donors (Lipinski definition) is 1. The predicted molar refractivity (Wildman–Crippen MR) is 119 cm³/mol. The lowest BCUT2D eigenvalue weighted by atomic mass is 10.1. The highest BCUT2D eigenvalue weighted by molar-refractivity contribution is 8.00. The average Bonchev–Trinajstić information content (AvgIpc) is 2.82. The number of carbonyl (C=O) groups is 3. The van der Waals surface area contributed by atoms with Gasteiger partial charge in [0, 0.05) is 10.6 Å². The molecule has 0 aliphatic carbocycles. The smallest absolute Gasteiger partial charge is 0.337 e. The summed E-state index contributed by atoms with van der Waals surface area (Å²) in [7, 11) is 2.49. The summed E-state index contributed by atoms with van der Waals surface area (Å²) in [5.41, 5.74) is 1.38. The molecule has 3 rings (SSSR count). The van der Waals surface area contributed by atoms with Gasteiger partial charge in [0.1, 0.15) is 5.25 Å². The first-order valence-corrected chi connectivity index (χ1v) is 10.3. The number of carbonyl (C=O) groups excluding carboxylic acids is 3. The van der Waals surface area contributed by atoms with Crippen molar-refractivity contribution in [2.45, 2.75) is 10.1 Å². The number of rotatable bonds is 7. The molecule has 7 heteroatoms. The molecule has 0 aliphatic rings. The first kappa shape index (κ1) is 22.1. The van der Waals surface area contributed by atoms with Gasteiger partial charge < -0.3 is 14.8 Å². The molecule has 0 aliphatic heterocycles. The summed E-state index contributed by atoms with van der Waals surface area (Å²) >= 11 is 1.40. The topological polar surface area (TPSA) is 81.7 Å². The third-order valence-electron chi connectivity index (χ3n) is 4.38. The van der Waals surface area contributed by atoms with Crippen molar-refractivity contribution in [2.75, 3.05) is 19.5 Å². The fourth-order valence-corrected chi connectivity index (χ4v) is 3.96. The number of amides is 1. The molecule has 0 fully saturated rings. The van der Waals surface area contributed by atoms with Gasteiger partial charge in [0.2, 0.25) is 5.91 Å². The monoisotopic (exact) mass is 435 g/mol. The number of ether oxygens (including phenoxy) is 2. The molecule has 0 bridgehead atoms. The van der Waals surface area contributed by atoms with Crippen LogP contribution in [0.5, 0.6) is 0 Å². The molecule has 0 saturated carbocycles. The molecule has 6 nitrogen and oxygen atoms in total. The minimum Gasteiger partial charge on any atom is -0.465 e. The molecule has 1 amide bonds. The van der Waals surface area contributed by atoms with E-state index in [2.05, 4.69) is 5.32 Å². The van der Waals surface area contributed by atoms with Gasteiger partial charge in [-0.3, -0.25) is 4.79 Å². The first-order valence-electron chi connectivity index (χ1n) is 9.41. The van der Waals surface area contributed by atoms with Crippen molar-refractivity contribution in [3.63, 3.8) is 0 Å². The maximum atomic E-state index is 13.3. The summed E-state index contributed by atoms with van der Waals surface area (Å²) in [6, 6.07) is 23.3. The maximum Gasteiger partial charge on any atom is 0.337 e. The van der Waals surface area contributed by atoms with E-state index in [4.69, 9.17) is 9.47 Å². The Bertz CT molecular complexity index is 1040. The number of nitrogens with one attached hydrogen (secondary N) is 1. The minimum atomic E-state index is -0.625. The maximum absolute atomic E-state index is 13.3. The average molecular weight is 436 g/mol. The molecule has 0 spiro atoms. The van der Waals surface area contributed by atoms with E-state index in [1.807, 2.05) is 60.7 Å². The predicted octanol–water partition coefficient (Wildman–Crippen LogP) is 4.73. The van der Waals surface area contributed by atoms with Crippen molar-refractivity contribution in [2.24, 2.45) is 0 Å². The van der Waals surface area contributed by atoms with Crippen LogP contribution in [0.4, 0.5) is 5.69 Å². The molecule has 31 heavy (non-hydrogen) atoms. The number of thioether (sulfide) groups is 1. The molecule has 3 aromatic rings. The Balaban J connectivity index is 1.93. The van der Waals surface area contributed by atoms with Crippen LogP contribution in [-0.2, 0) is 14.3 Å². The molecule has 3 aromatic carbocycles. The fourth-order valence-electron chi connectivity index (χ4n) is 2.91. The molecule has 1 N–H and O–H groups in total. The molecule has 1 atom stereocenters. The Morgan fingerprint density at radius 1 is 0.774 bits per heavy atom. The van der Waals surface area contributed by atoms with Crippen LogP contribution in [0.25, 0.3) is 0 Å². The van der Waals surface area contributed by atoms with Crippen LogP contribution in [-0.4, -0.2) is 32.1 Å². The van der Waals surface area contributed by atoms with Gasteiger partial charge in [0.25, 0.3) is 0 Å². The zero-order valence-electron chi connectivity index (χ0n) is 17.0. The standard InChI is InChI=1S/C24H21NO5S/c1-29-23(27)17-13-18(24(28)30-2)15-19(14-17)25-22(26)21(16-9-5-3-6-10-16)31-20-11-7-4-8-12-20/h3-15,21H,1-2H3,(H,25,26)/t21-/m1/s1. The van der Waals surface area contributed by atoms with Gasteiger partial charge in [-0.2, -0.15) is 0 Å². The lowest BCUT2D eigenvalue weighted by Gasteiger charge is -2.18. The highest BCUT2D eigenvalue weighted by Gasteiger charge is 2.23. The van der Waals surface area contributed by atoms with E-state index < -0.39 is 17.2 Å². The van der Waals surface area contributed by atoms with Crippen molar-refractivity contribution < 1.29 is 23.9 Å². The Hall–Kier alpha value is -3.58. The number of benzene rings is 3. The molecule has 0 heterocycles. The van der Waals surface area contributed by atoms with Gasteiger partial charge in [-0.25, -0.2) is 9.59 Å². The second kappa shape index (κ2) is 10.4. The molecule has 0 radical (unpaired) electrons. The summed E-state index contributed by atoms with van der Waals surface area (Å²) < 4.78 is 9.51. The molecule has 0 aromatic heterocycles. The van der Waals surface area contributed by atoms with E-state index in [1.54, 1.807) is 0 Å². The van der Waals surface area contributed by atoms with Crippen molar-refractivity contribution >= 4 is 35.3 Å². The molecule has 0 saturated heterocycles. The minimum absolute atomic E-state index is 0.132. The third-order valence-corrected chi connectivity index (χ3v) is 5.65. The van der Waals surface area contributed by atoms with Crippen LogP contribution in [0.2, 0.25) is 0 Å². The van der Waals surface area contributed by atoms with E-state index in [-0.39, 0.29) is 17.0 Å². The second-order valence-corrected chi connectivity index (χ2v) is 7.67. The van der Waals surface area contributed by atoms with E-state index in [0.29, 0.717) is 5.69 Å². The highest BCUT2D eigenvalue weighted by Crippen LogP contribution is 2.36. The lowest BCUT2D eigenvalue weighted by Crippen LogP contribution is -2.20. The van der Waals surface area contributed by atoms with Crippen LogP contribution in [0.3, 0.4) is 0 Å². The van der Waals surface area contributed by atoms with Crippen molar-refractivity contribution in [3.05, 3.63) is 95.6 Å². The van der Waals surface area contributed by atoms with Crippen molar-refractivity contribution in [1.82, 2.24) is 0 Å². The summed E-state index contributed by atoms with van der Waals surface area (Å²) in [5, 5.41) is 2.28. The Labute approximate surface area is 184 Å². The zero-order chi connectivity index (χ0) is 22.2. The van der Waals surface area contributed by atoms with Gasteiger partial charge in [0.15, 0.2) is 0 Å². The molecule has 158 valence electrons. The van der Waals surface area contributed by atoms with E-state index in [9.17, 15) is 14.4 Å². The lowest BCUT2D eigenvalue weighted by molar-refractivity contribution is -0.115. The van der Waals surface area contributed by atoms with Gasteiger partial charge >= 0.3 is 11.9 Å². The van der Waals surface area contributed by atoms with Crippen molar-refractivity contribution in [1.29, 1.82) is 0 Å². The summed E-state index contributed by atoms with van der Waals surface area (Å²) in [6.07, 6.45) is 0. The Kier molecular flexibility index (Phi) is 7.45.